The summed E-state index contributed by atoms with van der Waals surface area (Å²) in [5, 5.41) is 3.46. The molecule has 1 saturated carbocycles. The van der Waals surface area contributed by atoms with Crippen LogP contribution >= 0.6 is 0 Å². The van der Waals surface area contributed by atoms with Gasteiger partial charge in [0.05, 0.1) is 0 Å². The minimum atomic E-state index is -2.42. The van der Waals surface area contributed by atoms with E-state index in [0.29, 0.717) is 12.5 Å². The molecule has 3 rings (SSSR count). The topological polar surface area (TPSA) is 12.0 Å². The Morgan fingerprint density at radius 3 is 2.89 bits per heavy atom. The number of nitrogens with one attached hydrogen (secondary N) is 1. The lowest BCUT2D eigenvalue weighted by Gasteiger charge is -2.30. The van der Waals surface area contributed by atoms with E-state index in [9.17, 15) is 8.78 Å². The van der Waals surface area contributed by atoms with Crippen molar-refractivity contribution in [2.45, 2.75) is 50.5 Å². The average molecular weight is 251 g/mol. The van der Waals surface area contributed by atoms with Gasteiger partial charge < -0.3 is 5.32 Å². The van der Waals surface area contributed by atoms with E-state index in [1.165, 1.54) is 11.3 Å². The molecule has 0 amide bonds. The van der Waals surface area contributed by atoms with Gasteiger partial charge in [-0.25, -0.2) is 8.78 Å². The molecule has 0 aromatic heterocycles. The van der Waals surface area contributed by atoms with Crippen LogP contribution in [-0.2, 0) is 6.42 Å². The normalized spacial score (nSPS) is 29.7. The summed E-state index contributed by atoms with van der Waals surface area (Å²) >= 11 is 0. The summed E-state index contributed by atoms with van der Waals surface area (Å²) in [4.78, 5) is 0. The first kappa shape index (κ1) is 11.9. The van der Waals surface area contributed by atoms with Crippen LogP contribution in [0.1, 0.15) is 37.7 Å². The van der Waals surface area contributed by atoms with Crippen molar-refractivity contribution in [2.75, 3.05) is 5.32 Å². The summed E-state index contributed by atoms with van der Waals surface area (Å²) < 4.78 is 26.7. The summed E-state index contributed by atoms with van der Waals surface area (Å²) in [5.74, 6) is -2.24. The van der Waals surface area contributed by atoms with Crippen molar-refractivity contribution >= 4 is 5.69 Å². The Hall–Kier alpha value is -1.12. The van der Waals surface area contributed by atoms with Gasteiger partial charge >= 0.3 is 0 Å². The van der Waals surface area contributed by atoms with Gasteiger partial charge in [0.15, 0.2) is 0 Å². The van der Waals surface area contributed by atoms with Gasteiger partial charge in [0.25, 0.3) is 0 Å². The molecule has 1 aromatic carbocycles. The fourth-order valence-corrected chi connectivity index (χ4v) is 3.40. The smallest absolute Gasteiger partial charge is 0.248 e. The number of benzene rings is 1. The minimum absolute atomic E-state index is 0.0848. The molecule has 1 fully saturated rings. The molecule has 2 unspecified atom stereocenters. The van der Waals surface area contributed by atoms with Gasteiger partial charge in [-0.1, -0.05) is 18.2 Å². The molecule has 98 valence electrons. The summed E-state index contributed by atoms with van der Waals surface area (Å²) in [6.45, 7) is 0. The van der Waals surface area contributed by atoms with Crippen molar-refractivity contribution in [2.24, 2.45) is 5.92 Å². The molecule has 1 N–H and O–H groups in total. The molecule has 1 aromatic rings. The van der Waals surface area contributed by atoms with E-state index >= 15 is 0 Å². The molecule has 0 bridgehead atoms. The van der Waals surface area contributed by atoms with Crippen molar-refractivity contribution in [3.8, 4) is 0 Å². The van der Waals surface area contributed by atoms with E-state index in [-0.39, 0.29) is 18.8 Å². The number of alkyl halides is 2. The Morgan fingerprint density at radius 1 is 1.28 bits per heavy atom. The number of fused-ring (bicyclic) bond motifs is 1. The van der Waals surface area contributed by atoms with Crippen LogP contribution in [0, 0.1) is 5.92 Å². The summed E-state index contributed by atoms with van der Waals surface area (Å²) in [6, 6.07) is 8.60. The van der Waals surface area contributed by atoms with Crippen molar-refractivity contribution in [1.82, 2.24) is 0 Å². The van der Waals surface area contributed by atoms with Crippen LogP contribution in [-0.4, -0.2) is 12.0 Å². The monoisotopic (exact) mass is 251 g/mol. The fraction of sp³-hybridized carbons (Fsp3) is 0.600. The molecule has 18 heavy (non-hydrogen) atoms. The summed E-state index contributed by atoms with van der Waals surface area (Å²) in [5.41, 5.74) is 2.51. The SMILES string of the molecule is FC1(F)CCCC(CC2Cc3ccccc3N2)C1. The van der Waals surface area contributed by atoms with Crippen LogP contribution in [0.15, 0.2) is 24.3 Å². The maximum Gasteiger partial charge on any atom is 0.248 e. The zero-order valence-corrected chi connectivity index (χ0v) is 10.5. The first-order valence-corrected chi connectivity index (χ1v) is 6.85. The van der Waals surface area contributed by atoms with Crippen LogP contribution in [0.25, 0.3) is 0 Å². The fourth-order valence-electron chi connectivity index (χ4n) is 3.40. The molecule has 2 atom stereocenters. The Labute approximate surface area is 107 Å². The van der Waals surface area contributed by atoms with Gasteiger partial charge in [-0.2, -0.15) is 0 Å². The number of para-hydroxylation sites is 1. The summed E-state index contributed by atoms with van der Waals surface area (Å²) in [6.07, 6.45) is 3.67. The molecule has 0 radical (unpaired) electrons. The summed E-state index contributed by atoms with van der Waals surface area (Å²) in [7, 11) is 0. The lowest BCUT2D eigenvalue weighted by Crippen LogP contribution is -2.29. The van der Waals surface area contributed by atoms with Crippen LogP contribution in [0.4, 0.5) is 14.5 Å². The van der Waals surface area contributed by atoms with Crippen molar-refractivity contribution in [3.05, 3.63) is 29.8 Å². The molecule has 1 nitrogen and oxygen atoms in total. The Bertz CT molecular complexity index is 405. The predicted molar refractivity (Wildman–Crippen MR) is 69.1 cm³/mol. The van der Waals surface area contributed by atoms with Crippen molar-refractivity contribution in [1.29, 1.82) is 0 Å². The number of hydrogen-bond acceptors (Lipinski definition) is 1. The van der Waals surface area contributed by atoms with E-state index in [0.717, 1.165) is 19.3 Å². The Balaban J connectivity index is 1.59. The third kappa shape index (κ3) is 2.50. The standard InChI is InChI=1S/C15H19F2N/c16-15(17)7-3-4-11(10-15)8-13-9-12-5-1-2-6-14(12)18-13/h1-2,5-6,11,13,18H,3-4,7-10H2. The first-order valence-electron chi connectivity index (χ1n) is 6.85. The zero-order valence-electron chi connectivity index (χ0n) is 10.5. The number of hydrogen-bond donors (Lipinski definition) is 1. The highest BCUT2D eigenvalue weighted by atomic mass is 19.3. The predicted octanol–water partition coefficient (Wildman–Crippen LogP) is 4.24. The van der Waals surface area contributed by atoms with Gasteiger partial charge in [-0.3, -0.25) is 0 Å². The third-order valence-corrected chi connectivity index (χ3v) is 4.20. The lowest BCUT2D eigenvalue weighted by atomic mass is 9.82. The van der Waals surface area contributed by atoms with Crippen LogP contribution in [0.2, 0.25) is 0 Å². The van der Waals surface area contributed by atoms with E-state index in [4.69, 9.17) is 0 Å². The van der Waals surface area contributed by atoms with E-state index in [1.807, 2.05) is 12.1 Å². The molecule has 1 heterocycles. The number of anilines is 1. The second-order valence-corrected chi connectivity index (χ2v) is 5.76. The second kappa shape index (κ2) is 4.52. The van der Waals surface area contributed by atoms with Gasteiger partial charge in [0.2, 0.25) is 5.92 Å². The van der Waals surface area contributed by atoms with Gasteiger partial charge in [0.1, 0.15) is 0 Å². The highest BCUT2D eigenvalue weighted by molar-refractivity contribution is 5.56. The van der Waals surface area contributed by atoms with Crippen LogP contribution in [0.3, 0.4) is 0 Å². The number of halogens is 2. The largest absolute Gasteiger partial charge is 0.382 e. The van der Waals surface area contributed by atoms with Crippen LogP contribution < -0.4 is 5.32 Å². The number of rotatable bonds is 2. The zero-order chi connectivity index (χ0) is 12.6. The Kier molecular flexibility index (Phi) is 3.00. The highest BCUT2D eigenvalue weighted by Gasteiger charge is 2.37. The van der Waals surface area contributed by atoms with Crippen molar-refractivity contribution < 1.29 is 8.78 Å². The minimum Gasteiger partial charge on any atom is -0.382 e. The van der Waals surface area contributed by atoms with E-state index in [2.05, 4.69) is 17.4 Å². The first-order chi connectivity index (χ1) is 8.62. The quantitative estimate of drug-likeness (QED) is 0.829. The molecule has 3 heteroatoms. The van der Waals surface area contributed by atoms with E-state index < -0.39 is 5.92 Å². The third-order valence-electron chi connectivity index (χ3n) is 4.20. The average Bonchev–Trinajstić information content (AvgIpc) is 2.69. The van der Waals surface area contributed by atoms with Gasteiger partial charge in [0, 0.05) is 24.6 Å². The maximum absolute atomic E-state index is 13.4. The van der Waals surface area contributed by atoms with Gasteiger partial charge in [-0.05, 0) is 43.2 Å². The maximum atomic E-state index is 13.4. The van der Waals surface area contributed by atoms with Gasteiger partial charge in [-0.15, -0.1) is 0 Å². The lowest BCUT2D eigenvalue weighted by molar-refractivity contribution is -0.0540. The molecule has 1 aliphatic carbocycles. The molecule has 0 saturated heterocycles. The highest BCUT2D eigenvalue weighted by Crippen LogP contribution is 2.40. The molecular formula is C15H19F2N. The molecule has 2 aliphatic rings. The molecule has 1 aliphatic heterocycles. The van der Waals surface area contributed by atoms with Crippen molar-refractivity contribution in [3.63, 3.8) is 0 Å². The second-order valence-electron chi connectivity index (χ2n) is 5.76. The Morgan fingerprint density at radius 2 is 2.11 bits per heavy atom. The van der Waals surface area contributed by atoms with E-state index in [1.54, 1.807) is 0 Å². The molecular weight excluding hydrogens is 232 g/mol. The van der Waals surface area contributed by atoms with Crippen LogP contribution in [0.5, 0.6) is 0 Å². The molecule has 0 spiro atoms.